The van der Waals surface area contributed by atoms with Crippen molar-refractivity contribution in [3.8, 4) is 11.3 Å². The van der Waals surface area contributed by atoms with Gasteiger partial charge in [-0.1, -0.05) is 46.6 Å². The molecule has 0 atom stereocenters. The summed E-state index contributed by atoms with van der Waals surface area (Å²) in [6, 6.07) is 6.28. The van der Waals surface area contributed by atoms with Crippen LogP contribution in [-0.2, 0) is 6.42 Å². The van der Waals surface area contributed by atoms with Gasteiger partial charge in [-0.3, -0.25) is 0 Å². The van der Waals surface area contributed by atoms with Crippen LogP contribution in [0.4, 0.5) is 0 Å². The molecular formula is C12H11BrClNS. The van der Waals surface area contributed by atoms with E-state index in [1.807, 2.05) is 0 Å². The van der Waals surface area contributed by atoms with Crippen LogP contribution < -0.4 is 0 Å². The molecule has 1 aromatic heterocycles. The third kappa shape index (κ3) is 2.31. The summed E-state index contributed by atoms with van der Waals surface area (Å²) < 4.78 is 1.68. The van der Waals surface area contributed by atoms with Crippen molar-refractivity contribution in [2.75, 3.05) is 0 Å². The van der Waals surface area contributed by atoms with Crippen LogP contribution in [0.2, 0.25) is 4.47 Å². The molecule has 1 heterocycles. The zero-order valence-electron chi connectivity index (χ0n) is 9.05. The molecule has 0 saturated carbocycles. The van der Waals surface area contributed by atoms with Crippen molar-refractivity contribution in [1.82, 2.24) is 4.98 Å². The number of thiazole rings is 1. The van der Waals surface area contributed by atoms with Gasteiger partial charge in [0.25, 0.3) is 0 Å². The lowest BCUT2D eigenvalue weighted by molar-refractivity contribution is 1.17. The lowest BCUT2D eigenvalue weighted by Crippen LogP contribution is -1.86. The number of aryl methyl sites for hydroxylation is 2. The Morgan fingerprint density at radius 1 is 1.44 bits per heavy atom. The molecule has 1 nitrogen and oxygen atoms in total. The average molecular weight is 317 g/mol. The molecule has 2 aromatic rings. The van der Waals surface area contributed by atoms with E-state index < -0.39 is 0 Å². The maximum Gasteiger partial charge on any atom is 0.184 e. The second-order valence-electron chi connectivity index (χ2n) is 3.58. The van der Waals surface area contributed by atoms with E-state index in [1.54, 1.807) is 11.3 Å². The number of halogens is 2. The fraction of sp³-hybridized carbons (Fsp3) is 0.250. The zero-order valence-corrected chi connectivity index (χ0v) is 12.2. The summed E-state index contributed by atoms with van der Waals surface area (Å²) >= 11 is 11.1. The molecule has 0 aliphatic carbocycles. The summed E-state index contributed by atoms with van der Waals surface area (Å²) in [5.74, 6) is 0. The van der Waals surface area contributed by atoms with Crippen molar-refractivity contribution in [3.05, 3.63) is 37.6 Å². The van der Waals surface area contributed by atoms with Gasteiger partial charge in [0.1, 0.15) is 0 Å². The molecule has 0 aliphatic rings. The minimum absolute atomic E-state index is 0.610. The van der Waals surface area contributed by atoms with Gasteiger partial charge in [0, 0.05) is 14.9 Å². The van der Waals surface area contributed by atoms with Crippen LogP contribution in [0.3, 0.4) is 0 Å². The first-order chi connectivity index (χ1) is 7.61. The van der Waals surface area contributed by atoms with Gasteiger partial charge in [-0.2, -0.15) is 0 Å². The SMILES string of the molecule is CCc1sc(Cl)nc1-c1ccc(C)cc1Br. The predicted octanol–water partition coefficient (Wildman–Crippen LogP) is 5.10. The topological polar surface area (TPSA) is 12.9 Å². The maximum absolute atomic E-state index is 5.97. The molecule has 0 amide bonds. The van der Waals surface area contributed by atoms with E-state index in [0.717, 1.165) is 22.2 Å². The van der Waals surface area contributed by atoms with Crippen LogP contribution in [0, 0.1) is 6.92 Å². The van der Waals surface area contributed by atoms with Crippen molar-refractivity contribution >= 4 is 38.9 Å². The smallest absolute Gasteiger partial charge is 0.184 e. The van der Waals surface area contributed by atoms with Crippen LogP contribution in [0.1, 0.15) is 17.4 Å². The van der Waals surface area contributed by atoms with Gasteiger partial charge in [0.15, 0.2) is 4.47 Å². The van der Waals surface area contributed by atoms with Crippen molar-refractivity contribution in [2.45, 2.75) is 20.3 Å². The highest BCUT2D eigenvalue weighted by molar-refractivity contribution is 9.10. The fourth-order valence-corrected chi connectivity index (χ4v) is 3.37. The number of hydrogen-bond acceptors (Lipinski definition) is 2. The lowest BCUT2D eigenvalue weighted by atomic mass is 10.1. The van der Waals surface area contributed by atoms with Crippen molar-refractivity contribution in [1.29, 1.82) is 0 Å². The van der Waals surface area contributed by atoms with E-state index in [9.17, 15) is 0 Å². The molecule has 0 N–H and O–H groups in total. The molecule has 0 saturated heterocycles. The number of rotatable bonds is 2. The first-order valence-electron chi connectivity index (χ1n) is 5.03. The quantitative estimate of drug-likeness (QED) is 0.751. The fourth-order valence-electron chi connectivity index (χ4n) is 1.59. The number of hydrogen-bond donors (Lipinski definition) is 0. The molecule has 1 aromatic carbocycles. The van der Waals surface area contributed by atoms with E-state index in [4.69, 9.17) is 11.6 Å². The molecule has 0 unspecified atom stereocenters. The molecule has 84 valence electrons. The molecule has 0 spiro atoms. The second-order valence-corrected chi connectivity index (χ2v) is 6.10. The van der Waals surface area contributed by atoms with Crippen molar-refractivity contribution < 1.29 is 0 Å². The minimum atomic E-state index is 0.610. The van der Waals surface area contributed by atoms with Crippen molar-refractivity contribution in [3.63, 3.8) is 0 Å². The van der Waals surface area contributed by atoms with Gasteiger partial charge in [-0.15, -0.1) is 11.3 Å². The van der Waals surface area contributed by atoms with E-state index >= 15 is 0 Å². The van der Waals surface area contributed by atoms with E-state index in [0.29, 0.717) is 4.47 Å². The zero-order chi connectivity index (χ0) is 11.7. The van der Waals surface area contributed by atoms with Crippen LogP contribution in [0.5, 0.6) is 0 Å². The van der Waals surface area contributed by atoms with E-state index in [-0.39, 0.29) is 0 Å². The Kier molecular flexibility index (Phi) is 3.67. The Balaban J connectivity index is 2.57. The Morgan fingerprint density at radius 2 is 2.19 bits per heavy atom. The number of aromatic nitrogens is 1. The molecular weight excluding hydrogens is 306 g/mol. The monoisotopic (exact) mass is 315 g/mol. The van der Waals surface area contributed by atoms with Crippen LogP contribution in [-0.4, -0.2) is 4.98 Å². The normalized spacial score (nSPS) is 10.8. The van der Waals surface area contributed by atoms with E-state index in [2.05, 4.69) is 53.0 Å². The van der Waals surface area contributed by atoms with Gasteiger partial charge in [0.05, 0.1) is 5.69 Å². The van der Waals surface area contributed by atoms with Crippen LogP contribution in [0.15, 0.2) is 22.7 Å². The summed E-state index contributed by atoms with van der Waals surface area (Å²) in [7, 11) is 0. The summed E-state index contributed by atoms with van der Waals surface area (Å²) in [5.41, 5.74) is 3.35. The molecule has 0 fully saturated rings. The third-order valence-corrected chi connectivity index (χ3v) is 4.33. The highest BCUT2D eigenvalue weighted by Gasteiger charge is 2.13. The Morgan fingerprint density at radius 3 is 2.81 bits per heavy atom. The molecule has 0 radical (unpaired) electrons. The first kappa shape index (κ1) is 12.1. The summed E-state index contributed by atoms with van der Waals surface area (Å²) in [4.78, 5) is 5.63. The Labute approximate surface area is 113 Å². The number of nitrogens with zero attached hydrogens (tertiary/aromatic N) is 1. The summed E-state index contributed by atoms with van der Waals surface area (Å²) in [6.07, 6.45) is 0.958. The van der Waals surface area contributed by atoms with Gasteiger partial charge in [-0.25, -0.2) is 4.98 Å². The van der Waals surface area contributed by atoms with Gasteiger partial charge in [0.2, 0.25) is 0 Å². The highest BCUT2D eigenvalue weighted by atomic mass is 79.9. The molecule has 0 aliphatic heterocycles. The largest absolute Gasteiger partial charge is 0.225 e. The van der Waals surface area contributed by atoms with Gasteiger partial charge in [-0.05, 0) is 25.0 Å². The average Bonchev–Trinajstić information content (AvgIpc) is 2.59. The molecule has 16 heavy (non-hydrogen) atoms. The summed E-state index contributed by atoms with van der Waals surface area (Å²) in [6.45, 7) is 4.19. The predicted molar refractivity (Wildman–Crippen MR) is 74.4 cm³/mol. The van der Waals surface area contributed by atoms with Gasteiger partial charge < -0.3 is 0 Å². The maximum atomic E-state index is 5.97. The second kappa shape index (κ2) is 4.86. The Bertz CT molecular complexity index is 522. The first-order valence-corrected chi connectivity index (χ1v) is 7.02. The lowest BCUT2D eigenvalue weighted by Gasteiger charge is -2.04. The molecule has 0 bridgehead atoms. The summed E-state index contributed by atoms with van der Waals surface area (Å²) in [5, 5.41) is 0. The van der Waals surface area contributed by atoms with Crippen LogP contribution in [0.25, 0.3) is 11.3 Å². The van der Waals surface area contributed by atoms with Crippen molar-refractivity contribution in [2.24, 2.45) is 0 Å². The van der Waals surface area contributed by atoms with E-state index in [1.165, 1.54) is 10.4 Å². The van der Waals surface area contributed by atoms with Crippen LogP contribution >= 0.6 is 38.9 Å². The third-order valence-electron chi connectivity index (χ3n) is 2.37. The molecule has 2 rings (SSSR count). The highest BCUT2D eigenvalue weighted by Crippen LogP contribution is 2.35. The molecule has 4 heteroatoms. The number of benzene rings is 1. The Hall–Kier alpha value is -0.380. The minimum Gasteiger partial charge on any atom is -0.225 e. The standard InChI is InChI=1S/C12H11BrClNS/c1-3-10-11(15-12(14)16-10)8-5-4-7(2)6-9(8)13/h4-6H,3H2,1-2H3. The van der Waals surface area contributed by atoms with Gasteiger partial charge >= 0.3 is 0 Å².